The van der Waals surface area contributed by atoms with Crippen LogP contribution >= 0.6 is 12.0 Å². The second-order valence-electron chi connectivity index (χ2n) is 11.0. The standard InChI is InChI=1S/C32H36N6O5S/c1-41-36-31(40)28-20-38(26-11-8-21-4-3-5-24(21)18-26)30-27(29(28)39)19-33-32(35-30)34-25-9-6-22(7-10-25)23-12-14-37(15-13-23)16-17-44-43-42-2/h6-11,18-20,23H,3-5,12-17H2,1-2H3,(H,36,40)(H,33,34,35). The molecule has 44 heavy (non-hydrogen) atoms. The first kappa shape index (κ1) is 30.2. The molecule has 1 aliphatic carbocycles. The summed E-state index contributed by atoms with van der Waals surface area (Å²) in [5, 5.41) is 3.54. The van der Waals surface area contributed by atoms with E-state index in [1.54, 1.807) is 4.57 Å². The minimum atomic E-state index is -0.627. The van der Waals surface area contributed by atoms with Gasteiger partial charge in [-0.15, -0.1) is 0 Å². The maximum Gasteiger partial charge on any atom is 0.280 e. The summed E-state index contributed by atoms with van der Waals surface area (Å²) < 4.78 is 6.68. The molecule has 1 aliphatic heterocycles. The van der Waals surface area contributed by atoms with E-state index in [1.165, 1.54) is 55.3 Å². The van der Waals surface area contributed by atoms with Crippen LogP contribution in [0.4, 0.5) is 11.6 Å². The molecule has 1 fully saturated rings. The zero-order valence-electron chi connectivity index (χ0n) is 24.9. The second-order valence-corrected chi connectivity index (χ2v) is 11.8. The monoisotopic (exact) mass is 616 g/mol. The molecular weight excluding hydrogens is 580 g/mol. The number of amides is 1. The van der Waals surface area contributed by atoms with Gasteiger partial charge in [-0.1, -0.05) is 18.2 Å². The number of likely N-dealkylation sites (tertiary alicyclic amines) is 1. The molecule has 2 N–H and O–H groups in total. The van der Waals surface area contributed by atoms with Crippen LogP contribution < -0.4 is 16.2 Å². The van der Waals surface area contributed by atoms with E-state index in [0.717, 1.165) is 68.9 Å². The molecule has 1 saturated heterocycles. The number of carbonyl (C=O) groups is 1. The number of benzene rings is 2. The van der Waals surface area contributed by atoms with Gasteiger partial charge in [-0.2, -0.15) is 9.32 Å². The average Bonchev–Trinajstić information content (AvgIpc) is 3.52. The van der Waals surface area contributed by atoms with Gasteiger partial charge < -0.3 is 14.8 Å². The number of carbonyl (C=O) groups excluding carboxylic acids is 1. The molecule has 0 unspecified atom stereocenters. The fourth-order valence-electron chi connectivity index (χ4n) is 6.09. The van der Waals surface area contributed by atoms with Gasteiger partial charge in [0.15, 0.2) is 5.65 Å². The molecule has 0 atom stereocenters. The van der Waals surface area contributed by atoms with E-state index in [4.69, 9.17) is 14.2 Å². The summed E-state index contributed by atoms with van der Waals surface area (Å²) in [5.41, 5.74) is 7.75. The second kappa shape index (κ2) is 13.9. The minimum Gasteiger partial charge on any atom is -0.324 e. The molecule has 4 aromatic rings. The predicted octanol–water partition coefficient (Wildman–Crippen LogP) is 4.71. The number of anilines is 2. The number of hydroxylamine groups is 1. The quantitative estimate of drug-likeness (QED) is 0.106. The van der Waals surface area contributed by atoms with E-state index in [0.29, 0.717) is 17.5 Å². The van der Waals surface area contributed by atoms with Crippen LogP contribution in [0.2, 0.25) is 0 Å². The maximum atomic E-state index is 13.3. The molecule has 6 rings (SSSR count). The van der Waals surface area contributed by atoms with Crippen molar-refractivity contribution in [2.24, 2.45) is 0 Å². The van der Waals surface area contributed by atoms with Crippen LogP contribution in [0.25, 0.3) is 16.7 Å². The smallest absolute Gasteiger partial charge is 0.280 e. The lowest BCUT2D eigenvalue weighted by Gasteiger charge is -2.32. The minimum absolute atomic E-state index is 0.0513. The fraction of sp³-hybridized carbons (Fsp3) is 0.375. The number of fused-ring (bicyclic) bond motifs is 2. The van der Waals surface area contributed by atoms with Gasteiger partial charge in [0.1, 0.15) is 5.56 Å². The fourth-order valence-corrected chi connectivity index (χ4v) is 6.59. The van der Waals surface area contributed by atoms with Gasteiger partial charge in [0.2, 0.25) is 11.4 Å². The molecular formula is C32H36N6O5S. The zero-order valence-corrected chi connectivity index (χ0v) is 25.7. The Labute approximate surface area is 260 Å². The highest BCUT2D eigenvalue weighted by Crippen LogP contribution is 2.30. The molecule has 2 aromatic heterocycles. The lowest BCUT2D eigenvalue weighted by atomic mass is 9.89. The molecule has 2 aliphatic rings. The van der Waals surface area contributed by atoms with Gasteiger partial charge in [-0.05, 0) is 92.1 Å². The molecule has 0 bridgehead atoms. The molecule has 2 aromatic carbocycles. The Morgan fingerprint density at radius 1 is 1.07 bits per heavy atom. The van der Waals surface area contributed by atoms with Crippen LogP contribution in [0.5, 0.6) is 0 Å². The Kier molecular flexibility index (Phi) is 9.53. The lowest BCUT2D eigenvalue weighted by molar-refractivity contribution is -0.160. The normalized spacial score (nSPS) is 15.4. The van der Waals surface area contributed by atoms with Gasteiger partial charge in [0.25, 0.3) is 5.91 Å². The number of piperidine rings is 1. The molecule has 230 valence electrons. The van der Waals surface area contributed by atoms with Crippen molar-refractivity contribution in [3.05, 3.63) is 87.3 Å². The number of rotatable bonds is 11. The van der Waals surface area contributed by atoms with Crippen molar-refractivity contribution < 1.29 is 18.9 Å². The largest absolute Gasteiger partial charge is 0.324 e. The predicted molar refractivity (Wildman–Crippen MR) is 170 cm³/mol. The van der Waals surface area contributed by atoms with E-state index >= 15 is 0 Å². The average molecular weight is 617 g/mol. The van der Waals surface area contributed by atoms with Crippen LogP contribution in [0.1, 0.15) is 52.2 Å². The summed E-state index contributed by atoms with van der Waals surface area (Å²) in [6.45, 7) is 3.10. The molecule has 0 saturated carbocycles. The van der Waals surface area contributed by atoms with Gasteiger partial charge >= 0.3 is 0 Å². The number of aromatic nitrogens is 3. The topological polar surface area (TPSA) is 120 Å². The number of pyridine rings is 1. The summed E-state index contributed by atoms with van der Waals surface area (Å²) in [6, 6.07) is 14.6. The number of nitrogens with one attached hydrogen (secondary N) is 2. The summed E-state index contributed by atoms with van der Waals surface area (Å²) >= 11 is 1.34. The molecule has 3 heterocycles. The van der Waals surface area contributed by atoms with Gasteiger partial charge in [0, 0.05) is 48.1 Å². The zero-order chi connectivity index (χ0) is 30.5. The summed E-state index contributed by atoms with van der Waals surface area (Å²) in [7, 11) is 2.85. The van der Waals surface area contributed by atoms with Crippen molar-refractivity contribution in [2.75, 3.05) is 44.9 Å². The van der Waals surface area contributed by atoms with Gasteiger partial charge in [0.05, 0.1) is 19.6 Å². The number of nitrogens with zero attached hydrogens (tertiary/aromatic N) is 4. The van der Waals surface area contributed by atoms with Gasteiger partial charge in [-0.3, -0.25) is 14.4 Å². The van der Waals surface area contributed by atoms with Crippen molar-refractivity contribution in [2.45, 2.75) is 38.0 Å². The highest BCUT2D eigenvalue weighted by molar-refractivity contribution is 7.94. The van der Waals surface area contributed by atoms with E-state index in [-0.39, 0.29) is 10.9 Å². The molecule has 0 radical (unpaired) electrons. The third-order valence-electron chi connectivity index (χ3n) is 8.38. The highest BCUT2D eigenvalue weighted by Gasteiger charge is 2.22. The lowest BCUT2D eigenvalue weighted by Crippen LogP contribution is -2.34. The summed E-state index contributed by atoms with van der Waals surface area (Å²) in [4.78, 5) is 47.1. The first-order valence-corrected chi connectivity index (χ1v) is 15.7. The third-order valence-corrected chi connectivity index (χ3v) is 8.96. The van der Waals surface area contributed by atoms with Crippen LogP contribution in [-0.2, 0) is 26.9 Å². The van der Waals surface area contributed by atoms with Crippen LogP contribution in [0, 0.1) is 0 Å². The van der Waals surface area contributed by atoms with E-state index in [2.05, 4.69) is 49.8 Å². The summed E-state index contributed by atoms with van der Waals surface area (Å²) in [6.07, 6.45) is 8.40. The Bertz CT molecular complexity index is 1690. The number of hydrogen-bond donors (Lipinski definition) is 2. The molecule has 12 heteroatoms. The first-order valence-electron chi connectivity index (χ1n) is 14.8. The van der Waals surface area contributed by atoms with Crippen LogP contribution in [0.15, 0.2) is 59.7 Å². The van der Waals surface area contributed by atoms with Crippen LogP contribution in [-0.4, -0.2) is 64.9 Å². The number of hydrogen-bond acceptors (Lipinski definition) is 10. The Hall–Kier alpha value is -3.81. The maximum absolute atomic E-state index is 13.3. The van der Waals surface area contributed by atoms with Gasteiger partial charge in [-0.25, -0.2) is 15.4 Å². The Morgan fingerprint density at radius 2 is 1.86 bits per heavy atom. The molecule has 0 spiro atoms. The number of aryl methyl sites for hydroxylation is 2. The summed E-state index contributed by atoms with van der Waals surface area (Å²) in [5.74, 6) is 1.13. The highest BCUT2D eigenvalue weighted by atomic mass is 32.2. The molecule has 1 amide bonds. The van der Waals surface area contributed by atoms with Crippen molar-refractivity contribution in [1.29, 1.82) is 0 Å². The van der Waals surface area contributed by atoms with E-state index in [1.807, 2.05) is 18.2 Å². The van der Waals surface area contributed by atoms with Crippen molar-refractivity contribution in [3.8, 4) is 5.69 Å². The SMILES string of the molecule is CONC(=O)c1cn(-c2ccc3c(c2)CCC3)c2nc(Nc3ccc(C4CCN(CCSOOC)CC4)cc3)ncc2c1=O. The van der Waals surface area contributed by atoms with Crippen molar-refractivity contribution in [1.82, 2.24) is 24.9 Å². The molecule has 11 nitrogen and oxygen atoms in total. The Balaban J connectivity index is 1.22. The van der Waals surface area contributed by atoms with E-state index in [9.17, 15) is 9.59 Å². The van der Waals surface area contributed by atoms with E-state index < -0.39 is 11.3 Å². The third kappa shape index (κ3) is 6.64. The Morgan fingerprint density at radius 3 is 2.64 bits per heavy atom. The van der Waals surface area contributed by atoms with Crippen LogP contribution in [0.3, 0.4) is 0 Å². The van der Waals surface area contributed by atoms with Crippen molar-refractivity contribution >= 4 is 40.6 Å². The first-order chi connectivity index (χ1) is 21.5. The van der Waals surface area contributed by atoms with Crippen molar-refractivity contribution in [3.63, 3.8) is 0 Å².